The van der Waals surface area contributed by atoms with Crippen LogP contribution in [0.4, 0.5) is 10.2 Å². The zero-order valence-electron chi connectivity index (χ0n) is 13.8. The number of nitrogens with zero attached hydrogens (tertiary/aromatic N) is 2. The van der Waals surface area contributed by atoms with Crippen LogP contribution in [0.2, 0.25) is 0 Å². The van der Waals surface area contributed by atoms with Crippen LogP contribution >= 0.6 is 0 Å². The molecule has 1 atom stereocenters. The van der Waals surface area contributed by atoms with Gasteiger partial charge in [-0.2, -0.15) is 0 Å². The van der Waals surface area contributed by atoms with Gasteiger partial charge in [0.05, 0.1) is 23.2 Å². The minimum absolute atomic E-state index is 0.0135. The third-order valence-electron chi connectivity index (χ3n) is 4.49. The normalized spacial score (nSPS) is 16.7. The molecular weight excluding hydrogens is 321 g/mol. The SMILES string of the molecule is CCNc1nn(-c2ccc(F)cc2)c2c1C(=O)CC(c1ccco1)C2. The molecule has 25 heavy (non-hydrogen) atoms. The zero-order valence-corrected chi connectivity index (χ0v) is 13.8. The molecule has 2 heterocycles. The monoisotopic (exact) mass is 339 g/mol. The highest BCUT2D eigenvalue weighted by atomic mass is 19.1. The molecule has 0 radical (unpaired) electrons. The fraction of sp³-hybridized carbons (Fsp3) is 0.263. The van der Waals surface area contributed by atoms with Crippen LogP contribution < -0.4 is 5.32 Å². The Balaban J connectivity index is 1.82. The van der Waals surface area contributed by atoms with Crippen LogP contribution in [0.15, 0.2) is 47.1 Å². The summed E-state index contributed by atoms with van der Waals surface area (Å²) in [7, 11) is 0. The summed E-state index contributed by atoms with van der Waals surface area (Å²) in [5.74, 6) is 1.12. The number of aromatic nitrogens is 2. The van der Waals surface area contributed by atoms with Gasteiger partial charge in [0.15, 0.2) is 11.6 Å². The van der Waals surface area contributed by atoms with E-state index in [0.29, 0.717) is 30.8 Å². The van der Waals surface area contributed by atoms with E-state index in [1.165, 1.54) is 12.1 Å². The van der Waals surface area contributed by atoms with Crippen molar-refractivity contribution in [3.05, 3.63) is 65.5 Å². The second-order valence-electron chi connectivity index (χ2n) is 6.13. The number of benzene rings is 1. The van der Waals surface area contributed by atoms with Crippen molar-refractivity contribution < 1.29 is 13.6 Å². The molecule has 2 aromatic heterocycles. The van der Waals surface area contributed by atoms with Gasteiger partial charge in [-0.3, -0.25) is 4.79 Å². The first-order valence-corrected chi connectivity index (χ1v) is 8.35. The first-order chi connectivity index (χ1) is 12.2. The molecule has 128 valence electrons. The minimum atomic E-state index is -0.304. The maximum absolute atomic E-state index is 13.3. The van der Waals surface area contributed by atoms with Crippen LogP contribution in [0, 0.1) is 5.82 Å². The Labute approximate surface area is 144 Å². The van der Waals surface area contributed by atoms with Gasteiger partial charge in [-0.15, -0.1) is 5.10 Å². The average molecular weight is 339 g/mol. The van der Waals surface area contributed by atoms with E-state index in [1.54, 1.807) is 23.1 Å². The van der Waals surface area contributed by atoms with Gasteiger partial charge in [0, 0.05) is 25.3 Å². The van der Waals surface area contributed by atoms with Crippen LogP contribution in [0.3, 0.4) is 0 Å². The molecule has 0 saturated carbocycles. The van der Waals surface area contributed by atoms with Gasteiger partial charge in [-0.25, -0.2) is 9.07 Å². The van der Waals surface area contributed by atoms with Crippen molar-refractivity contribution in [3.63, 3.8) is 0 Å². The van der Waals surface area contributed by atoms with Gasteiger partial charge in [0.25, 0.3) is 0 Å². The molecule has 6 heteroatoms. The lowest BCUT2D eigenvalue weighted by Gasteiger charge is -2.21. The topological polar surface area (TPSA) is 60.1 Å². The molecule has 0 aliphatic heterocycles. The summed E-state index contributed by atoms with van der Waals surface area (Å²) >= 11 is 0. The number of carbonyl (C=O) groups is 1. The van der Waals surface area contributed by atoms with Crippen LogP contribution in [-0.4, -0.2) is 22.1 Å². The van der Waals surface area contributed by atoms with E-state index in [9.17, 15) is 9.18 Å². The Bertz CT molecular complexity index is 898. The first kappa shape index (κ1) is 15.6. The highest BCUT2D eigenvalue weighted by molar-refractivity contribution is 6.03. The third-order valence-corrected chi connectivity index (χ3v) is 4.49. The van der Waals surface area contributed by atoms with E-state index in [-0.39, 0.29) is 17.5 Å². The smallest absolute Gasteiger partial charge is 0.169 e. The van der Waals surface area contributed by atoms with E-state index < -0.39 is 0 Å². The van der Waals surface area contributed by atoms with Gasteiger partial charge in [-0.05, 0) is 43.3 Å². The largest absolute Gasteiger partial charge is 0.469 e. The van der Waals surface area contributed by atoms with Gasteiger partial charge < -0.3 is 9.73 Å². The predicted molar refractivity (Wildman–Crippen MR) is 91.8 cm³/mol. The van der Waals surface area contributed by atoms with Crippen LogP contribution in [-0.2, 0) is 6.42 Å². The Morgan fingerprint density at radius 2 is 2.08 bits per heavy atom. The van der Waals surface area contributed by atoms with Gasteiger partial charge in [0.2, 0.25) is 0 Å². The van der Waals surface area contributed by atoms with E-state index in [0.717, 1.165) is 17.1 Å². The number of nitrogens with one attached hydrogen (secondary N) is 1. The maximum Gasteiger partial charge on any atom is 0.169 e. The summed E-state index contributed by atoms with van der Waals surface area (Å²) in [6.45, 7) is 2.63. The van der Waals surface area contributed by atoms with Crippen molar-refractivity contribution in [1.82, 2.24) is 9.78 Å². The van der Waals surface area contributed by atoms with Gasteiger partial charge >= 0.3 is 0 Å². The fourth-order valence-corrected chi connectivity index (χ4v) is 3.38. The summed E-state index contributed by atoms with van der Waals surface area (Å²) in [4.78, 5) is 12.8. The quantitative estimate of drug-likeness (QED) is 0.782. The van der Waals surface area contributed by atoms with Crippen molar-refractivity contribution in [2.75, 3.05) is 11.9 Å². The summed E-state index contributed by atoms with van der Waals surface area (Å²) in [6.07, 6.45) is 2.66. The first-order valence-electron chi connectivity index (χ1n) is 8.35. The second kappa shape index (κ2) is 6.20. The predicted octanol–water partition coefficient (Wildman–Crippen LogP) is 3.95. The molecule has 1 aliphatic carbocycles. The lowest BCUT2D eigenvalue weighted by Crippen LogP contribution is -2.20. The standard InChI is InChI=1S/C19H18FN3O2/c1-2-21-19-18-15(23(22-19)14-7-5-13(20)6-8-14)10-12(11-16(18)24)17-4-3-9-25-17/h3-9,12H,2,10-11H2,1H3,(H,21,22). The van der Waals surface area contributed by atoms with E-state index >= 15 is 0 Å². The Hall–Kier alpha value is -2.89. The Kier molecular flexibility index (Phi) is 3.87. The molecule has 1 aromatic carbocycles. The molecule has 1 aliphatic rings. The summed E-state index contributed by atoms with van der Waals surface area (Å²) in [5.41, 5.74) is 2.20. The molecule has 0 saturated heterocycles. The van der Waals surface area contributed by atoms with E-state index in [1.807, 2.05) is 19.1 Å². The molecule has 0 spiro atoms. The summed E-state index contributed by atoms with van der Waals surface area (Å²) in [6, 6.07) is 9.85. The highest BCUT2D eigenvalue weighted by Gasteiger charge is 2.34. The second-order valence-corrected chi connectivity index (χ2v) is 6.13. The zero-order chi connectivity index (χ0) is 17.4. The summed E-state index contributed by atoms with van der Waals surface area (Å²) in [5, 5.41) is 7.75. The van der Waals surface area contributed by atoms with Crippen molar-refractivity contribution >= 4 is 11.6 Å². The number of halogens is 1. The number of hydrogen-bond acceptors (Lipinski definition) is 4. The number of furan rings is 1. The minimum Gasteiger partial charge on any atom is -0.469 e. The van der Waals surface area contributed by atoms with Crippen molar-refractivity contribution in [2.45, 2.75) is 25.7 Å². The van der Waals surface area contributed by atoms with Crippen molar-refractivity contribution in [2.24, 2.45) is 0 Å². The molecule has 1 N–H and O–H groups in total. The lowest BCUT2D eigenvalue weighted by atomic mass is 9.85. The van der Waals surface area contributed by atoms with Crippen LogP contribution in [0.5, 0.6) is 0 Å². The highest BCUT2D eigenvalue weighted by Crippen LogP contribution is 2.37. The van der Waals surface area contributed by atoms with Crippen LogP contribution in [0.1, 0.15) is 41.1 Å². The van der Waals surface area contributed by atoms with Gasteiger partial charge in [0.1, 0.15) is 11.6 Å². The molecule has 5 nitrogen and oxygen atoms in total. The maximum atomic E-state index is 13.3. The van der Waals surface area contributed by atoms with E-state index in [4.69, 9.17) is 4.42 Å². The lowest BCUT2D eigenvalue weighted by molar-refractivity contribution is 0.0960. The Morgan fingerprint density at radius 1 is 1.28 bits per heavy atom. The number of Topliss-reactive ketones (excluding diaryl/α,β-unsaturated/α-hetero) is 1. The molecule has 0 fully saturated rings. The number of rotatable bonds is 4. The number of carbonyl (C=O) groups excluding carboxylic acids is 1. The molecule has 0 bridgehead atoms. The van der Waals surface area contributed by atoms with Crippen LogP contribution in [0.25, 0.3) is 5.69 Å². The third kappa shape index (κ3) is 2.73. The number of hydrogen-bond donors (Lipinski definition) is 1. The van der Waals surface area contributed by atoms with Crippen molar-refractivity contribution in [3.8, 4) is 5.69 Å². The van der Waals surface area contributed by atoms with Gasteiger partial charge in [-0.1, -0.05) is 0 Å². The Morgan fingerprint density at radius 3 is 2.76 bits per heavy atom. The number of ketones is 1. The molecule has 4 rings (SSSR count). The molecule has 0 amide bonds. The van der Waals surface area contributed by atoms with E-state index in [2.05, 4.69) is 10.4 Å². The summed E-state index contributed by atoms with van der Waals surface area (Å²) < 4.78 is 20.5. The molecular formula is C19H18FN3O2. The van der Waals surface area contributed by atoms with Crippen molar-refractivity contribution in [1.29, 1.82) is 0 Å². The number of fused-ring (bicyclic) bond motifs is 1. The fourth-order valence-electron chi connectivity index (χ4n) is 3.38. The number of anilines is 1. The average Bonchev–Trinajstić information content (AvgIpc) is 3.24. The molecule has 3 aromatic rings. The molecule has 1 unspecified atom stereocenters.